The van der Waals surface area contributed by atoms with Crippen molar-refractivity contribution in [2.75, 3.05) is 13.7 Å². The number of amides is 1. The number of carbonyl (C=O) groups is 4. The number of ketones is 2. The summed E-state index contributed by atoms with van der Waals surface area (Å²) in [4.78, 5) is 57.1. The highest BCUT2D eigenvalue weighted by Crippen LogP contribution is 2.38. The summed E-state index contributed by atoms with van der Waals surface area (Å²) in [5.74, 6) is -3.92. The number of aliphatic hydroxyl groups excluding tert-OH is 2. The van der Waals surface area contributed by atoms with E-state index in [1.807, 2.05) is 52.0 Å². The van der Waals surface area contributed by atoms with Crippen molar-refractivity contribution in [3.8, 4) is 0 Å². The summed E-state index contributed by atoms with van der Waals surface area (Å²) in [5.41, 5.74) is 1.52. The molecule has 3 N–H and O–H groups in total. The van der Waals surface area contributed by atoms with Gasteiger partial charge in [0.1, 0.15) is 23.7 Å². The summed E-state index contributed by atoms with van der Waals surface area (Å²) in [7, 11) is 1.65. The number of hydrogen-bond acceptors (Lipinski definition) is 10. The van der Waals surface area contributed by atoms with E-state index in [0.717, 1.165) is 31.3 Å². The Morgan fingerprint density at radius 3 is 2.33 bits per heavy atom. The molecule has 1 amide bonds. The van der Waals surface area contributed by atoms with Crippen molar-refractivity contribution in [3.63, 3.8) is 0 Å². The fourth-order valence-electron chi connectivity index (χ4n) is 9.68. The van der Waals surface area contributed by atoms with Crippen molar-refractivity contribution in [2.45, 2.75) is 187 Å². The van der Waals surface area contributed by atoms with Crippen LogP contribution in [0.25, 0.3) is 0 Å². The van der Waals surface area contributed by atoms with E-state index in [1.54, 1.807) is 27.0 Å². The zero-order valence-corrected chi connectivity index (χ0v) is 37.9. The van der Waals surface area contributed by atoms with Crippen LogP contribution in [-0.2, 0) is 33.4 Å². The van der Waals surface area contributed by atoms with Crippen LogP contribution in [0.3, 0.4) is 0 Å². The van der Waals surface area contributed by atoms with Gasteiger partial charge < -0.3 is 34.4 Å². The maximum atomic E-state index is 14.2. The van der Waals surface area contributed by atoms with E-state index in [-0.39, 0.29) is 84.6 Å². The highest BCUT2D eigenvalue weighted by Gasteiger charge is 2.46. The highest BCUT2D eigenvalue weighted by atomic mass is 16.6. The van der Waals surface area contributed by atoms with E-state index >= 15 is 0 Å². The Morgan fingerprint density at radius 1 is 0.867 bits per heavy atom. The number of methoxy groups -OCH3 is 1. The first-order chi connectivity index (χ1) is 28.4. The number of nitrogens with zero attached hydrogens (tertiary/aromatic N) is 1. The van der Waals surface area contributed by atoms with Gasteiger partial charge >= 0.3 is 5.97 Å². The molecule has 13 atom stereocenters. The number of hydrogen-bond donors (Lipinski definition) is 3. The van der Waals surface area contributed by atoms with Gasteiger partial charge in [-0.2, -0.15) is 0 Å². The SMILES string of the molecule is CO[C@H]1C[C@@H]2CC[C@@H](C)[C@](O)(CC(=O)N3CCCC[C@H]3C(=O)OC([C@H](C)C[C@@H]3CCC[C@H](O)C3)CC(=O)[C@H](C)/C=C(\C)[C@@H](O)CC(=O)[C@H](C)C[C@H](C)/C=C/C=C/C=C/1C)O2. The topological polar surface area (TPSA) is 160 Å². The van der Waals surface area contributed by atoms with Crippen LogP contribution in [0.2, 0.25) is 0 Å². The van der Waals surface area contributed by atoms with E-state index in [1.165, 1.54) is 4.90 Å². The number of rotatable bonds is 4. The summed E-state index contributed by atoms with van der Waals surface area (Å²) >= 11 is 0. The summed E-state index contributed by atoms with van der Waals surface area (Å²) in [6.45, 7) is 13.6. The molecule has 11 heteroatoms. The molecule has 0 aromatic heterocycles. The monoisotopic (exact) mass is 840 g/mol. The maximum Gasteiger partial charge on any atom is 0.329 e. The minimum Gasteiger partial charge on any atom is -0.460 e. The van der Waals surface area contributed by atoms with E-state index in [4.69, 9.17) is 14.2 Å². The molecule has 0 spiro atoms. The van der Waals surface area contributed by atoms with Crippen LogP contribution in [0, 0.1) is 35.5 Å². The first-order valence-electron chi connectivity index (χ1n) is 22.9. The molecule has 60 heavy (non-hydrogen) atoms. The van der Waals surface area contributed by atoms with Gasteiger partial charge in [-0.25, -0.2) is 4.79 Å². The Bertz CT molecular complexity index is 1570. The van der Waals surface area contributed by atoms with Crippen molar-refractivity contribution < 1.29 is 48.7 Å². The van der Waals surface area contributed by atoms with Crippen molar-refractivity contribution >= 4 is 23.4 Å². The van der Waals surface area contributed by atoms with Gasteiger partial charge in [-0.15, -0.1) is 0 Å². The molecule has 3 fully saturated rings. The van der Waals surface area contributed by atoms with E-state index in [0.29, 0.717) is 63.5 Å². The molecule has 2 saturated heterocycles. The van der Waals surface area contributed by atoms with Gasteiger partial charge in [0, 0.05) is 50.7 Å². The fourth-order valence-corrected chi connectivity index (χ4v) is 9.68. The largest absolute Gasteiger partial charge is 0.460 e. The Kier molecular flexibility index (Phi) is 19.4. The summed E-state index contributed by atoms with van der Waals surface area (Å²) < 4.78 is 18.5. The van der Waals surface area contributed by atoms with Crippen molar-refractivity contribution in [1.29, 1.82) is 0 Å². The molecule has 4 rings (SSSR count). The van der Waals surface area contributed by atoms with E-state index < -0.39 is 35.9 Å². The van der Waals surface area contributed by atoms with Crippen LogP contribution < -0.4 is 0 Å². The van der Waals surface area contributed by atoms with Crippen LogP contribution in [-0.4, -0.2) is 99.7 Å². The molecule has 2 bridgehead atoms. The Balaban J connectivity index is 1.63. The molecule has 0 aromatic carbocycles. The molecule has 338 valence electrons. The smallest absolute Gasteiger partial charge is 0.329 e. The molecule has 3 heterocycles. The van der Waals surface area contributed by atoms with Crippen LogP contribution in [0.4, 0.5) is 0 Å². The van der Waals surface area contributed by atoms with Gasteiger partial charge in [-0.1, -0.05) is 83.9 Å². The van der Waals surface area contributed by atoms with Gasteiger partial charge in [0.25, 0.3) is 0 Å². The number of fused-ring (bicyclic) bond motifs is 3. The Labute approximate surface area is 360 Å². The predicted molar refractivity (Wildman–Crippen MR) is 232 cm³/mol. The molecule has 11 nitrogen and oxygen atoms in total. The fraction of sp³-hybridized carbons (Fsp3) is 0.755. The van der Waals surface area contributed by atoms with Gasteiger partial charge in [0.2, 0.25) is 5.91 Å². The molecule has 1 unspecified atom stereocenters. The number of piperidine rings is 1. The number of aliphatic hydroxyl groups is 3. The number of cyclic esters (lactones) is 1. The minimum atomic E-state index is -1.73. The Morgan fingerprint density at radius 2 is 1.62 bits per heavy atom. The molecule has 3 aliphatic heterocycles. The molecule has 0 aromatic rings. The second kappa shape index (κ2) is 23.5. The second-order valence-electron chi connectivity index (χ2n) is 19.0. The zero-order chi connectivity index (χ0) is 44.1. The lowest BCUT2D eigenvalue weighted by atomic mass is 9.79. The lowest BCUT2D eigenvalue weighted by molar-refractivity contribution is -0.284. The average Bonchev–Trinajstić information content (AvgIpc) is 3.20. The number of Topliss-reactive ketones (excluding diaryl/α,β-unsaturated/α-hetero) is 2. The van der Waals surface area contributed by atoms with Crippen LogP contribution in [0.5, 0.6) is 0 Å². The lowest BCUT2D eigenvalue weighted by Gasteiger charge is -2.44. The Hall–Kier alpha value is -2.96. The van der Waals surface area contributed by atoms with Crippen LogP contribution in [0.1, 0.15) is 145 Å². The molecule has 1 saturated carbocycles. The first-order valence-corrected chi connectivity index (χ1v) is 22.9. The van der Waals surface area contributed by atoms with Gasteiger partial charge in [-0.3, -0.25) is 14.4 Å². The third-order valence-corrected chi connectivity index (χ3v) is 13.8. The number of allylic oxidation sites excluding steroid dienone is 6. The third-order valence-electron chi connectivity index (χ3n) is 13.8. The predicted octanol–water partition coefficient (Wildman–Crippen LogP) is 7.75. The summed E-state index contributed by atoms with van der Waals surface area (Å²) in [5, 5.41) is 33.4. The third kappa shape index (κ3) is 14.6. The van der Waals surface area contributed by atoms with Crippen LogP contribution in [0.15, 0.2) is 47.6 Å². The van der Waals surface area contributed by atoms with Gasteiger partial charge in [0.05, 0.1) is 30.8 Å². The van der Waals surface area contributed by atoms with Crippen molar-refractivity contribution in [1.82, 2.24) is 4.90 Å². The second-order valence-corrected chi connectivity index (χ2v) is 19.0. The molecular formula is C49H77NO10. The molecular weight excluding hydrogens is 763 g/mol. The van der Waals surface area contributed by atoms with Crippen LogP contribution >= 0.6 is 0 Å². The minimum absolute atomic E-state index is 0.0446. The first kappa shape index (κ1) is 49.7. The quantitative estimate of drug-likeness (QED) is 0.189. The van der Waals surface area contributed by atoms with E-state index in [9.17, 15) is 34.5 Å². The molecule has 0 radical (unpaired) electrons. The molecule has 4 aliphatic rings. The normalized spacial score (nSPS) is 40.2. The number of ether oxygens (including phenoxy) is 3. The van der Waals surface area contributed by atoms with Crippen molar-refractivity contribution in [2.24, 2.45) is 35.5 Å². The maximum absolute atomic E-state index is 14.2. The standard InChI is InChI=1S/C49H77NO10/c1-31-15-10-9-11-16-32(2)45(58-8)27-40-21-20-37(7)49(57,60-40)30-47(55)50-22-13-12-19-41(50)48(56)59-46(36(6)25-38-17-14-18-39(51)26-38)29-44(54)35(5)24-34(4)43(53)28-42(52)33(3)23-31/h9-11,15-16,24,31,33,35-41,43,45-46,51,53,57H,12-14,17-23,25-30H2,1-8H3/b11-9+,15-10+,32-16+,34-24+/t31-,33-,35-,36-,37-,38+,39+,40+,41+,43+,45+,46?,49+/m1/s1. The molecule has 1 aliphatic carbocycles. The average molecular weight is 840 g/mol. The lowest BCUT2D eigenvalue weighted by Crippen LogP contribution is -2.55. The van der Waals surface area contributed by atoms with Gasteiger partial charge in [-0.05, 0) is 101 Å². The van der Waals surface area contributed by atoms with Gasteiger partial charge in [0.15, 0.2) is 5.79 Å². The highest BCUT2D eigenvalue weighted by molar-refractivity contribution is 5.86. The summed E-state index contributed by atoms with van der Waals surface area (Å²) in [6.07, 6.45) is 16.7. The van der Waals surface area contributed by atoms with Crippen molar-refractivity contribution in [3.05, 3.63) is 47.6 Å². The van der Waals surface area contributed by atoms with E-state index in [2.05, 4.69) is 13.0 Å². The number of esters is 1. The number of carbonyl (C=O) groups excluding carboxylic acids is 4. The zero-order valence-electron chi connectivity index (χ0n) is 37.9. The summed E-state index contributed by atoms with van der Waals surface area (Å²) in [6, 6.07) is -0.868.